The Labute approximate surface area is 183 Å². The Hall–Kier alpha value is -3.62. The number of carboxylic acids is 1. The molecular formula is C22H13ClN2O5S. The van der Waals surface area contributed by atoms with Crippen molar-refractivity contribution < 1.29 is 19.1 Å². The molecule has 0 spiro atoms. The maximum absolute atomic E-state index is 13.0. The molecule has 0 aliphatic rings. The molecule has 154 valence electrons. The van der Waals surface area contributed by atoms with E-state index in [1.165, 1.54) is 23.5 Å². The second-order valence-electron chi connectivity index (χ2n) is 6.70. The Morgan fingerprint density at radius 3 is 2.84 bits per heavy atom. The van der Waals surface area contributed by atoms with Crippen molar-refractivity contribution in [3.63, 3.8) is 0 Å². The first kappa shape index (κ1) is 19.3. The zero-order chi connectivity index (χ0) is 21.7. The molecule has 3 heterocycles. The van der Waals surface area contributed by atoms with Gasteiger partial charge in [0.15, 0.2) is 4.96 Å². The Balaban J connectivity index is 1.58. The first-order chi connectivity index (χ1) is 14.9. The summed E-state index contributed by atoms with van der Waals surface area (Å²) in [6.45, 7) is 0. The highest BCUT2D eigenvalue weighted by Gasteiger charge is 2.14. The van der Waals surface area contributed by atoms with E-state index in [0.717, 1.165) is 0 Å². The van der Waals surface area contributed by atoms with Gasteiger partial charge in [-0.05, 0) is 42.5 Å². The minimum Gasteiger partial charge on any atom is -0.497 e. The maximum Gasteiger partial charge on any atom is 0.337 e. The largest absolute Gasteiger partial charge is 0.497 e. The summed E-state index contributed by atoms with van der Waals surface area (Å²) in [6, 6.07) is 13.5. The first-order valence-electron chi connectivity index (χ1n) is 9.08. The number of furan rings is 1. The molecule has 5 rings (SSSR count). The van der Waals surface area contributed by atoms with Gasteiger partial charge in [0, 0.05) is 17.7 Å². The van der Waals surface area contributed by atoms with E-state index < -0.39 is 5.97 Å². The molecule has 1 N–H and O–H groups in total. The van der Waals surface area contributed by atoms with Crippen LogP contribution in [0.25, 0.3) is 33.4 Å². The van der Waals surface area contributed by atoms with Crippen LogP contribution < -0.4 is 14.8 Å². The van der Waals surface area contributed by atoms with Crippen LogP contribution in [0.4, 0.5) is 0 Å². The van der Waals surface area contributed by atoms with Gasteiger partial charge in [0.1, 0.15) is 21.8 Å². The van der Waals surface area contributed by atoms with Gasteiger partial charge in [0.2, 0.25) is 0 Å². The lowest BCUT2D eigenvalue weighted by Gasteiger charge is -2.01. The van der Waals surface area contributed by atoms with Crippen molar-refractivity contribution in [1.29, 1.82) is 0 Å². The smallest absolute Gasteiger partial charge is 0.337 e. The van der Waals surface area contributed by atoms with Crippen LogP contribution in [0.5, 0.6) is 5.75 Å². The van der Waals surface area contributed by atoms with Crippen molar-refractivity contribution in [3.05, 3.63) is 79.8 Å². The first-order valence-corrected chi connectivity index (χ1v) is 10.3. The summed E-state index contributed by atoms with van der Waals surface area (Å²) in [7, 11) is 1.57. The minimum absolute atomic E-state index is 0.00951. The number of nitrogens with zero attached hydrogens (tertiary/aromatic N) is 2. The fourth-order valence-electron chi connectivity index (χ4n) is 3.33. The van der Waals surface area contributed by atoms with Crippen LogP contribution in [-0.4, -0.2) is 27.6 Å². The van der Waals surface area contributed by atoms with E-state index in [2.05, 4.69) is 4.98 Å². The van der Waals surface area contributed by atoms with E-state index in [-0.39, 0.29) is 16.1 Å². The number of aromatic nitrogens is 2. The number of methoxy groups -OCH3 is 1. The SMILES string of the molecule is COc1ccc2nc3sc(=Cc4ccc(-c5ccc(Cl)c(C(=O)O)c5)o4)c(=O)n3c2c1. The fourth-order valence-corrected chi connectivity index (χ4v) is 4.49. The van der Waals surface area contributed by atoms with Gasteiger partial charge >= 0.3 is 5.97 Å². The highest BCUT2D eigenvalue weighted by atomic mass is 35.5. The fraction of sp³-hybridized carbons (Fsp3) is 0.0455. The van der Waals surface area contributed by atoms with Crippen LogP contribution in [0.15, 0.2) is 57.7 Å². The number of rotatable bonds is 4. The summed E-state index contributed by atoms with van der Waals surface area (Å²) in [4.78, 5) is 29.4. The van der Waals surface area contributed by atoms with E-state index in [9.17, 15) is 14.7 Å². The lowest BCUT2D eigenvalue weighted by Crippen LogP contribution is -2.22. The molecule has 7 nitrogen and oxygen atoms in total. The topological polar surface area (TPSA) is 94.0 Å². The zero-order valence-corrected chi connectivity index (χ0v) is 17.5. The number of ether oxygens (including phenoxy) is 1. The molecule has 0 fully saturated rings. The van der Waals surface area contributed by atoms with Gasteiger partial charge in [-0.3, -0.25) is 4.79 Å². The van der Waals surface area contributed by atoms with E-state index in [1.807, 2.05) is 6.07 Å². The normalized spacial score (nSPS) is 12.1. The molecule has 0 amide bonds. The molecular weight excluding hydrogens is 440 g/mol. The molecule has 9 heteroatoms. The molecule has 2 aromatic carbocycles. The number of fused-ring (bicyclic) bond motifs is 3. The second-order valence-corrected chi connectivity index (χ2v) is 8.12. The molecule has 5 aromatic rings. The van der Waals surface area contributed by atoms with Gasteiger partial charge in [-0.1, -0.05) is 22.9 Å². The summed E-state index contributed by atoms with van der Waals surface area (Å²) in [5.41, 5.74) is 1.76. The lowest BCUT2D eigenvalue weighted by molar-refractivity contribution is 0.0697. The van der Waals surface area contributed by atoms with Crippen molar-refractivity contribution in [2.45, 2.75) is 0 Å². The third-order valence-corrected chi connectivity index (χ3v) is 6.13. The van der Waals surface area contributed by atoms with Crippen molar-refractivity contribution in [3.8, 4) is 17.1 Å². The molecule has 0 unspecified atom stereocenters. The number of imidazole rings is 1. The third kappa shape index (κ3) is 3.26. The summed E-state index contributed by atoms with van der Waals surface area (Å²) in [5, 5.41) is 9.40. The average Bonchev–Trinajstić information content (AvgIpc) is 3.43. The van der Waals surface area contributed by atoms with Crippen molar-refractivity contribution in [1.82, 2.24) is 9.38 Å². The quantitative estimate of drug-likeness (QED) is 0.441. The van der Waals surface area contributed by atoms with Gasteiger partial charge < -0.3 is 14.3 Å². The van der Waals surface area contributed by atoms with E-state index in [1.54, 1.807) is 47.9 Å². The molecule has 0 saturated heterocycles. The van der Waals surface area contributed by atoms with Gasteiger partial charge in [0.05, 0.1) is 28.7 Å². The molecule has 3 aromatic heterocycles. The van der Waals surface area contributed by atoms with Gasteiger partial charge in [-0.2, -0.15) is 0 Å². The summed E-state index contributed by atoms with van der Waals surface area (Å²) >= 11 is 7.19. The number of hydrogen-bond acceptors (Lipinski definition) is 6. The standard InChI is InChI=1S/C22H13ClN2O5S/c1-29-12-3-6-16-17(9-12)25-20(26)19(31-22(25)24-16)10-13-4-7-18(30-13)11-2-5-15(23)14(8-11)21(27)28/h2-10H,1H3,(H,27,28). The molecule has 31 heavy (non-hydrogen) atoms. The van der Waals surface area contributed by atoms with Gasteiger partial charge in [0.25, 0.3) is 5.56 Å². The van der Waals surface area contributed by atoms with Gasteiger partial charge in [-0.15, -0.1) is 0 Å². The Morgan fingerprint density at radius 2 is 2.06 bits per heavy atom. The number of thiazole rings is 1. The maximum atomic E-state index is 13.0. The van der Waals surface area contributed by atoms with Crippen LogP contribution in [0.1, 0.15) is 16.1 Å². The minimum atomic E-state index is -1.12. The third-order valence-electron chi connectivity index (χ3n) is 4.83. The second kappa shape index (κ2) is 7.26. The Bertz CT molecular complexity index is 1600. The molecule has 0 bridgehead atoms. The molecule has 0 aliphatic heterocycles. The molecule has 0 saturated carbocycles. The van der Waals surface area contributed by atoms with Crippen LogP contribution in [0, 0.1) is 0 Å². The van der Waals surface area contributed by atoms with Crippen LogP contribution >= 0.6 is 22.9 Å². The predicted molar refractivity (Wildman–Crippen MR) is 118 cm³/mol. The Kier molecular flexibility index (Phi) is 4.53. The van der Waals surface area contributed by atoms with Crippen molar-refractivity contribution in [2.24, 2.45) is 0 Å². The molecule has 0 atom stereocenters. The predicted octanol–water partition coefficient (Wildman–Crippen LogP) is 4.08. The summed E-state index contributed by atoms with van der Waals surface area (Å²) < 4.78 is 13.1. The number of hydrogen-bond donors (Lipinski definition) is 1. The number of carboxylic acid groups (broad SMARTS) is 1. The average molecular weight is 453 g/mol. The van der Waals surface area contributed by atoms with E-state index in [4.69, 9.17) is 20.8 Å². The van der Waals surface area contributed by atoms with Gasteiger partial charge in [-0.25, -0.2) is 14.2 Å². The number of halogens is 1. The molecule has 0 aliphatic carbocycles. The van der Waals surface area contributed by atoms with E-state index in [0.29, 0.717) is 43.4 Å². The lowest BCUT2D eigenvalue weighted by atomic mass is 10.1. The van der Waals surface area contributed by atoms with Crippen LogP contribution in [0.2, 0.25) is 5.02 Å². The number of benzene rings is 2. The molecule has 0 radical (unpaired) electrons. The highest BCUT2D eigenvalue weighted by molar-refractivity contribution is 7.15. The zero-order valence-electron chi connectivity index (χ0n) is 16.0. The van der Waals surface area contributed by atoms with Crippen LogP contribution in [-0.2, 0) is 0 Å². The summed E-state index contributed by atoms with van der Waals surface area (Å²) in [6.07, 6.45) is 1.64. The number of carbonyl (C=O) groups is 1. The van der Waals surface area contributed by atoms with E-state index >= 15 is 0 Å². The van der Waals surface area contributed by atoms with Crippen LogP contribution in [0.3, 0.4) is 0 Å². The summed E-state index contributed by atoms with van der Waals surface area (Å²) in [5.74, 6) is 0.455. The monoisotopic (exact) mass is 452 g/mol. The van der Waals surface area contributed by atoms with Crippen molar-refractivity contribution >= 4 is 51.0 Å². The number of aromatic carboxylic acids is 1. The van der Waals surface area contributed by atoms with Crippen molar-refractivity contribution in [2.75, 3.05) is 7.11 Å². The Morgan fingerprint density at radius 1 is 1.23 bits per heavy atom. The highest BCUT2D eigenvalue weighted by Crippen LogP contribution is 2.27.